The molecule has 3 rings (SSSR count). The van der Waals surface area contributed by atoms with Crippen LogP contribution < -0.4 is 10.2 Å². The first kappa shape index (κ1) is 12.3. The van der Waals surface area contributed by atoms with Gasteiger partial charge in [0.15, 0.2) is 0 Å². The van der Waals surface area contributed by atoms with E-state index >= 15 is 0 Å². The lowest BCUT2D eigenvalue weighted by Gasteiger charge is -2.26. The zero-order chi connectivity index (χ0) is 12.5. The first-order valence-electron chi connectivity index (χ1n) is 6.14. The van der Waals surface area contributed by atoms with E-state index in [0.29, 0.717) is 11.2 Å². The highest BCUT2D eigenvalue weighted by Gasteiger charge is 2.40. The molecule has 0 radical (unpaired) electrons. The van der Waals surface area contributed by atoms with Crippen LogP contribution in [0.5, 0.6) is 0 Å². The summed E-state index contributed by atoms with van der Waals surface area (Å²) in [7, 11) is 1.88. The van der Waals surface area contributed by atoms with Crippen LogP contribution in [0.25, 0.3) is 0 Å². The van der Waals surface area contributed by atoms with Crippen LogP contribution in [0, 0.1) is 5.92 Å². The fourth-order valence-electron chi connectivity index (χ4n) is 2.69. The molecule has 1 aromatic heterocycles. The number of rotatable bonds is 2. The summed E-state index contributed by atoms with van der Waals surface area (Å²) >= 11 is 3.43. The summed E-state index contributed by atoms with van der Waals surface area (Å²) in [5.41, 5.74) is 1.04. The Bertz CT molecular complexity index is 458. The number of allylic oxidation sites excluding steroid dienone is 1. The highest BCUT2D eigenvalue weighted by molar-refractivity contribution is 8.03. The Hall–Kier alpha value is -0.780. The van der Waals surface area contributed by atoms with Crippen LogP contribution in [0.3, 0.4) is 0 Å². The third-order valence-corrected chi connectivity index (χ3v) is 5.58. The number of anilines is 1. The maximum absolute atomic E-state index is 12.6. The van der Waals surface area contributed by atoms with Gasteiger partial charge < -0.3 is 10.2 Å². The topological polar surface area (TPSA) is 32.3 Å². The molecular formula is C13H16N2OS2. The van der Waals surface area contributed by atoms with Crippen molar-refractivity contribution in [1.29, 1.82) is 0 Å². The monoisotopic (exact) mass is 280 g/mol. The minimum atomic E-state index is -0.0857. The summed E-state index contributed by atoms with van der Waals surface area (Å²) in [4.78, 5) is 14.6. The highest BCUT2D eigenvalue weighted by Crippen LogP contribution is 2.38. The summed E-state index contributed by atoms with van der Waals surface area (Å²) in [6, 6.07) is 1.94. The van der Waals surface area contributed by atoms with E-state index < -0.39 is 0 Å². The molecule has 0 spiro atoms. The van der Waals surface area contributed by atoms with E-state index in [9.17, 15) is 4.79 Å². The van der Waals surface area contributed by atoms with Crippen LogP contribution in [-0.4, -0.2) is 30.8 Å². The Kier molecular flexibility index (Phi) is 3.46. The van der Waals surface area contributed by atoms with Gasteiger partial charge in [0.05, 0.1) is 11.7 Å². The fraction of sp³-hybridized carbons (Fsp3) is 0.462. The van der Waals surface area contributed by atoms with Gasteiger partial charge in [0.25, 0.3) is 0 Å². The summed E-state index contributed by atoms with van der Waals surface area (Å²) in [6.45, 7) is 0.819. The van der Waals surface area contributed by atoms with E-state index in [1.54, 1.807) is 23.1 Å². The first-order valence-corrected chi connectivity index (χ1v) is 8.03. The summed E-state index contributed by atoms with van der Waals surface area (Å²) < 4.78 is 0. The quantitative estimate of drug-likeness (QED) is 0.902. The van der Waals surface area contributed by atoms with Crippen LogP contribution in [0.15, 0.2) is 28.3 Å². The molecule has 1 N–H and O–H groups in total. The minimum absolute atomic E-state index is 0.0857. The zero-order valence-electron chi connectivity index (χ0n) is 10.2. The average Bonchev–Trinajstić information content (AvgIpc) is 3.01. The number of nitrogens with zero attached hydrogens (tertiary/aromatic N) is 1. The van der Waals surface area contributed by atoms with Crippen LogP contribution in [0.4, 0.5) is 5.69 Å². The van der Waals surface area contributed by atoms with Gasteiger partial charge in [-0.25, -0.2) is 0 Å². The largest absolute Gasteiger partial charge is 0.310 e. The van der Waals surface area contributed by atoms with Gasteiger partial charge in [-0.15, -0.1) is 11.8 Å². The molecule has 3 atom stereocenters. The van der Waals surface area contributed by atoms with Gasteiger partial charge in [-0.1, -0.05) is 6.08 Å². The molecule has 2 aliphatic rings. The summed E-state index contributed by atoms with van der Waals surface area (Å²) in [5, 5.41) is 9.78. The van der Waals surface area contributed by atoms with Gasteiger partial charge in [-0.05, 0) is 36.2 Å². The number of thiophene rings is 1. The highest BCUT2D eigenvalue weighted by atomic mass is 32.2. The summed E-state index contributed by atoms with van der Waals surface area (Å²) in [6.07, 6.45) is 3.30. The molecule has 1 saturated heterocycles. The molecule has 3 unspecified atom stereocenters. The molecule has 1 fully saturated rings. The molecule has 0 aliphatic carbocycles. The third kappa shape index (κ3) is 2.00. The maximum Gasteiger partial charge on any atom is 0.245 e. The molecule has 0 bridgehead atoms. The van der Waals surface area contributed by atoms with Crippen molar-refractivity contribution in [3.63, 3.8) is 0 Å². The Morgan fingerprint density at radius 2 is 2.39 bits per heavy atom. The van der Waals surface area contributed by atoms with Crippen molar-refractivity contribution >= 4 is 34.7 Å². The van der Waals surface area contributed by atoms with Gasteiger partial charge in [-0.2, -0.15) is 11.3 Å². The lowest BCUT2D eigenvalue weighted by atomic mass is 9.98. The molecule has 0 aromatic carbocycles. The number of thioether (sulfide) groups is 1. The standard InChI is InChI=1S/C13H16N2OS2/c1-14-11-12-9(3-7-18-12)2-5-15(13(11)16)10-4-6-17-8-10/h3-4,6-9,11-12,14H,2,5H2,1H3. The lowest BCUT2D eigenvalue weighted by Crippen LogP contribution is -2.49. The molecule has 5 heteroatoms. The van der Waals surface area contributed by atoms with Crippen LogP contribution in [0.2, 0.25) is 0 Å². The van der Waals surface area contributed by atoms with Crippen molar-refractivity contribution < 1.29 is 4.79 Å². The summed E-state index contributed by atoms with van der Waals surface area (Å²) in [5.74, 6) is 0.722. The van der Waals surface area contributed by atoms with Crippen molar-refractivity contribution in [2.75, 3.05) is 18.5 Å². The predicted molar refractivity (Wildman–Crippen MR) is 78.1 cm³/mol. The first-order chi connectivity index (χ1) is 8.81. The van der Waals surface area contributed by atoms with Crippen molar-refractivity contribution in [1.82, 2.24) is 5.32 Å². The number of carbonyl (C=O) groups excluding carboxylic acids is 1. The van der Waals surface area contributed by atoms with Crippen molar-refractivity contribution in [3.8, 4) is 0 Å². The minimum Gasteiger partial charge on any atom is -0.310 e. The number of hydrogen-bond donors (Lipinski definition) is 1. The van der Waals surface area contributed by atoms with E-state index in [-0.39, 0.29) is 11.9 Å². The molecule has 2 aliphatic heterocycles. The molecular weight excluding hydrogens is 264 g/mol. The van der Waals surface area contributed by atoms with E-state index in [0.717, 1.165) is 18.7 Å². The third-order valence-electron chi connectivity index (χ3n) is 3.66. The number of fused-ring (bicyclic) bond motifs is 1. The number of hydrogen-bond acceptors (Lipinski definition) is 4. The second-order valence-electron chi connectivity index (χ2n) is 4.62. The molecule has 3 nitrogen and oxygen atoms in total. The van der Waals surface area contributed by atoms with Gasteiger partial charge in [0.1, 0.15) is 0 Å². The van der Waals surface area contributed by atoms with E-state index in [4.69, 9.17) is 0 Å². The van der Waals surface area contributed by atoms with Crippen LogP contribution >= 0.6 is 23.1 Å². The molecule has 1 aromatic rings. The molecule has 3 heterocycles. The van der Waals surface area contributed by atoms with E-state index in [1.165, 1.54) is 0 Å². The van der Waals surface area contributed by atoms with Crippen molar-refractivity contribution in [3.05, 3.63) is 28.3 Å². The number of amides is 1. The van der Waals surface area contributed by atoms with Gasteiger partial charge in [0, 0.05) is 17.2 Å². The molecule has 0 saturated carbocycles. The fourth-order valence-corrected chi connectivity index (χ4v) is 4.64. The zero-order valence-corrected chi connectivity index (χ0v) is 11.8. The molecule has 1 amide bonds. The average molecular weight is 280 g/mol. The Morgan fingerprint density at radius 1 is 1.50 bits per heavy atom. The normalized spacial score (nSPS) is 31.5. The van der Waals surface area contributed by atoms with Crippen molar-refractivity contribution in [2.45, 2.75) is 17.7 Å². The van der Waals surface area contributed by atoms with E-state index in [2.05, 4.69) is 22.2 Å². The van der Waals surface area contributed by atoms with Crippen LogP contribution in [-0.2, 0) is 4.79 Å². The second kappa shape index (κ2) is 5.07. The van der Waals surface area contributed by atoms with Gasteiger partial charge in [0.2, 0.25) is 5.91 Å². The SMILES string of the molecule is CNC1C(=O)N(c2ccsc2)CCC2C=CSC21. The molecule has 18 heavy (non-hydrogen) atoms. The second-order valence-corrected chi connectivity index (χ2v) is 6.49. The van der Waals surface area contributed by atoms with Crippen molar-refractivity contribution in [2.24, 2.45) is 5.92 Å². The van der Waals surface area contributed by atoms with E-state index in [1.807, 2.05) is 23.4 Å². The Morgan fingerprint density at radius 3 is 3.11 bits per heavy atom. The molecule has 96 valence electrons. The van der Waals surface area contributed by atoms with Gasteiger partial charge in [-0.3, -0.25) is 4.79 Å². The number of nitrogens with one attached hydrogen (secondary N) is 1. The predicted octanol–water partition coefficient (Wildman–Crippen LogP) is 2.32. The lowest BCUT2D eigenvalue weighted by molar-refractivity contribution is -0.120. The Labute approximate surface area is 115 Å². The Balaban J connectivity index is 1.90. The number of carbonyl (C=O) groups is 1. The van der Waals surface area contributed by atoms with Crippen LogP contribution in [0.1, 0.15) is 6.42 Å². The van der Waals surface area contributed by atoms with Gasteiger partial charge >= 0.3 is 0 Å². The number of likely N-dealkylation sites (N-methyl/N-ethyl adjacent to an activating group) is 1. The maximum atomic E-state index is 12.6. The smallest absolute Gasteiger partial charge is 0.245 e.